The van der Waals surface area contributed by atoms with E-state index < -0.39 is 5.97 Å². The van der Waals surface area contributed by atoms with Crippen LogP contribution in [0.25, 0.3) is 0 Å². The van der Waals surface area contributed by atoms with Gasteiger partial charge in [0.05, 0.1) is 39.1 Å². The maximum absolute atomic E-state index is 12.9. The molecule has 1 aliphatic heterocycles. The molecule has 0 amide bonds. The number of allylic oxidation sites excluding steroid dienone is 2. The lowest BCUT2D eigenvalue weighted by molar-refractivity contribution is -0.136. The highest BCUT2D eigenvalue weighted by Crippen LogP contribution is 2.34. The monoisotopic (exact) mass is 431 g/mol. The molecular formula is C24H33NO6. The van der Waals surface area contributed by atoms with Gasteiger partial charge in [-0.05, 0) is 37.0 Å². The maximum Gasteiger partial charge on any atom is 0.303 e. The number of aliphatic carboxylic acids is 1. The molecule has 7 heteroatoms. The fourth-order valence-electron chi connectivity index (χ4n) is 4.43. The van der Waals surface area contributed by atoms with E-state index in [2.05, 4.69) is 4.90 Å². The second kappa shape index (κ2) is 12.0. The molecule has 1 aliphatic carbocycles. The Morgan fingerprint density at radius 2 is 1.90 bits per heavy atom. The van der Waals surface area contributed by atoms with Gasteiger partial charge in [0.15, 0.2) is 5.78 Å². The van der Waals surface area contributed by atoms with Crippen LogP contribution in [0.15, 0.2) is 36.4 Å². The molecule has 3 rings (SSSR count). The first-order chi connectivity index (χ1) is 15.1. The zero-order chi connectivity index (χ0) is 22.1. The number of hydrogen-bond donors (Lipinski definition) is 1. The first kappa shape index (κ1) is 23.4. The summed E-state index contributed by atoms with van der Waals surface area (Å²) in [5, 5.41) is 8.76. The highest BCUT2D eigenvalue weighted by atomic mass is 16.5. The first-order valence-corrected chi connectivity index (χ1v) is 11.0. The summed E-state index contributed by atoms with van der Waals surface area (Å²) in [6.07, 6.45) is 6.59. The summed E-state index contributed by atoms with van der Waals surface area (Å²) in [5.74, 6) is 0.389. The van der Waals surface area contributed by atoms with Gasteiger partial charge in [-0.15, -0.1) is 0 Å². The van der Waals surface area contributed by atoms with E-state index in [4.69, 9.17) is 19.3 Å². The van der Waals surface area contributed by atoms with Crippen LogP contribution >= 0.6 is 0 Å². The van der Waals surface area contributed by atoms with Crippen LogP contribution in [0.2, 0.25) is 0 Å². The van der Waals surface area contributed by atoms with Crippen LogP contribution in [-0.2, 0) is 25.7 Å². The van der Waals surface area contributed by atoms with Crippen molar-refractivity contribution in [2.45, 2.75) is 50.9 Å². The van der Waals surface area contributed by atoms with Crippen LogP contribution in [0.3, 0.4) is 0 Å². The normalized spacial score (nSPS) is 24.7. The number of carboxylic acid groups (broad SMARTS) is 1. The van der Waals surface area contributed by atoms with Crippen LogP contribution in [-0.4, -0.2) is 67.3 Å². The summed E-state index contributed by atoms with van der Waals surface area (Å²) >= 11 is 0. The number of rotatable bonds is 11. The molecule has 1 heterocycles. The van der Waals surface area contributed by atoms with Gasteiger partial charge in [-0.25, -0.2) is 0 Å². The molecule has 3 atom stereocenters. The summed E-state index contributed by atoms with van der Waals surface area (Å²) in [5.41, 5.74) is 1.05. The fraction of sp³-hybridized carbons (Fsp3) is 0.583. The number of hydrogen-bond acceptors (Lipinski definition) is 6. The Kier molecular flexibility index (Phi) is 9.06. The van der Waals surface area contributed by atoms with Gasteiger partial charge in [-0.2, -0.15) is 0 Å². The number of methoxy groups -OCH3 is 1. The number of Topliss-reactive ketones (excluding diaryl/α,β-unsaturated/α-hetero) is 1. The molecule has 31 heavy (non-hydrogen) atoms. The van der Waals surface area contributed by atoms with E-state index in [0.29, 0.717) is 32.7 Å². The van der Waals surface area contributed by atoms with Crippen molar-refractivity contribution >= 4 is 11.8 Å². The van der Waals surface area contributed by atoms with Crippen molar-refractivity contribution in [3.8, 4) is 5.75 Å². The number of benzene rings is 1. The van der Waals surface area contributed by atoms with Gasteiger partial charge in [0, 0.05) is 31.8 Å². The van der Waals surface area contributed by atoms with E-state index in [1.807, 2.05) is 36.4 Å². The lowest BCUT2D eigenvalue weighted by Gasteiger charge is -2.35. The van der Waals surface area contributed by atoms with Crippen LogP contribution in [0, 0.1) is 5.92 Å². The number of morpholine rings is 1. The van der Waals surface area contributed by atoms with Gasteiger partial charge in [0.1, 0.15) is 5.75 Å². The van der Waals surface area contributed by atoms with Crippen LogP contribution < -0.4 is 4.74 Å². The molecule has 2 fully saturated rings. The fourth-order valence-corrected chi connectivity index (χ4v) is 4.43. The topological polar surface area (TPSA) is 85.3 Å². The maximum atomic E-state index is 12.9. The van der Waals surface area contributed by atoms with Gasteiger partial charge in [0.25, 0.3) is 0 Å². The third kappa shape index (κ3) is 6.89. The second-order valence-electron chi connectivity index (χ2n) is 8.11. The van der Waals surface area contributed by atoms with E-state index in [9.17, 15) is 9.59 Å². The zero-order valence-corrected chi connectivity index (χ0v) is 18.2. The predicted molar refractivity (Wildman–Crippen MR) is 116 cm³/mol. The van der Waals surface area contributed by atoms with E-state index >= 15 is 0 Å². The molecule has 1 saturated carbocycles. The number of carbonyl (C=O) groups is 2. The summed E-state index contributed by atoms with van der Waals surface area (Å²) in [4.78, 5) is 25.8. The van der Waals surface area contributed by atoms with Gasteiger partial charge in [0.2, 0.25) is 0 Å². The molecule has 0 radical (unpaired) electrons. The smallest absolute Gasteiger partial charge is 0.303 e. The number of carboxylic acids is 1. The summed E-state index contributed by atoms with van der Waals surface area (Å²) in [6.45, 7) is 3.31. The lowest BCUT2D eigenvalue weighted by atomic mass is 9.93. The molecule has 0 spiro atoms. The number of carbonyl (C=O) groups excluding carboxylic acids is 1. The third-order valence-corrected chi connectivity index (χ3v) is 6.04. The summed E-state index contributed by atoms with van der Waals surface area (Å²) < 4.78 is 16.9. The second-order valence-corrected chi connectivity index (χ2v) is 8.11. The average Bonchev–Trinajstić information content (AvgIpc) is 3.10. The Balaban J connectivity index is 1.61. The van der Waals surface area contributed by atoms with Gasteiger partial charge < -0.3 is 19.3 Å². The van der Waals surface area contributed by atoms with E-state index in [-0.39, 0.29) is 30.3 Å². The molecule has 0 aromatic heterocycles. The van der Waals surface area contributed by atoms with Crippen molar-refractivity contribution in [2.75, 3.05) is 33.4 Å². The largest absolute Gasteiger partial charge is 0.497 e. The molecule has 0 unspecified atom stereocenters. The lowest BCUT2D eigenvalue weighted by Crippen LogP contribution is -2.49. The van der Waals surface area contributed by atoms with Crippen LogP contribution in [0.5, 0.6) is 5.75 Å². The summed E-state index contributed by atoms with van der Waals surface area (Å²) in [6, 6.07) is 7.66. The SMILES string of the molecule is COc1ccc(CO[C@H]2CC(=O)[C@H](N3CCOCC3)[C@H]2CC/C=C\CCC(=O)O)cc1. The molecule has 2 aliphatic rings. The number of ketones is 1. The van der Waals surface area contributed by atoms with Crippen LogP contribution in [0.4, 0.5) is 0 Å². The first-order valence-electron chi connectivity index (χ1n) is 11.0. The third-order valence-electron chi connectivity index (χ3n) is 6.04. The highest BCUT2D eigenvalue weighted by molar-refractivity contribution is 5.87. The van der Waals surface area contributed by atoms with Gasteiger partial charge in [-0.1, -0.05) is 24.3 Å². The molecule has 1 saturated heterocycles. The van der Waals surface area contributed by atoms with E-state index in [0.717, 1.165) is 37.2 Å². The van der Waals surface area contributed by atoms with Crippen LogP contribution in [0.1, 0.15) is 37.7 Å². The number of nitrogens with zero attached hydrogens (tertiary/aromatic N) is 1. The minimum atomic E-state index is -0.787. The van der Waals surface area contributed by atoms with Gasteiger partial charge in [-0.3, -0.25) is 14.5 Å². The Bertz CT molecular complexity index is 741. The summed E-state index contributed by atoms with van der Waals surface area (Å²) in [7, 11) is 1.64. The standard InChI is InChI=1S/C24H33NO6/c1-29-19-10-8-18(9-11-19)17-31-22-16-21(26)24(25-12-14-30-15-13-25)20(22)6-4-2-3-5-7-23(27)28/h2-3,8-11,20,22,24H,4-7,12-17H2,1H3,(H,27,28)/b3-2-/t20-,22-,24+/m0/s1. The van der Waals surface area contributed by atoms with E-state index in [1.165, 1.54) is 0 Å². The van der Waals surface area contributed by atoms with Crippen molar-refractivity contribution in [3.63, 3.8) is 0 Å². The zero-order valence-electron chi connectivity index (χ0n) is 18.2. The van der Waals surface area contributed by atoms with Crippen molar-refractivity contribution in [2.24, 2.45) is 5.92 Å². The molecule has 1 N–H and O–H groups in total. The Morgan fingerprint density at radius 1 is 1.19 bits per heavy atom. The predicted octanol–water partition coefficient (Wildman–Crippen LogP) is 3.07. The Labute approximate surface area is 184 Å². The highest BCUT2D eigenvalue weighted by Gasteiger charge is 2.45. The quantitative estimate of drug-likeness (QED) is 0.539. The van der Waals surface area contributed by atoms with Crippen molar-refractivity contribution < 1.29 is 28.9 Å². The minimum absolute atomic E-state index is 0.116. The van der Waals surface area contributed by atoms with Crippen molar-refractivity contribution in [3.05, 3.63) is 42.0 Å². The molecule has 0 bridgehead atoms. The molecule has 170 valence electrons. The molecular weight excluding hydrogens is 398 g/mol. The average molecular weight is 432 g/mol. The molecule has 1 aromatic rings. The Hall–Kier alpha value is -2.22. The van der Waals surface area contributed by atoms with E-state index in [1.54, 1.807) is 7.11 Å². The number of ether oxygens (including phenoxy) is 3. The van der Waals surface area contributed by atoms with Gasteiger partial charge >= 0.3 is 5.97 Å². The Morgan fingerprint density at radius 3 is 2.58 bits per heavy atom. The van der Waals surface area contributed by atoms with Crippen molar-refractivity contribution in [1.29, 1.82) is 0 Å². The minimum Gasteiger partial charge on any atom is -0.497 e. The molecule has 7 nitrogen and oxygen atoms in total. The van der Waals surface area contributed by atoms with Crippen molar-refractivity contribution in [1.82, 2.24) is 4.90 Å². The molecule has 1 aromatic carbocycles.